The van der Waals surface area contributed by atoms with Crippen LogP contribution in [0.25, 0.3) is 0 Å². The summed E-state index contributed by atoms with van der Waals surface area (Å²) in [5.74, 6) is 0.888. The normalized spacial score (nSPS) is 14.9. The van der Waals surface area contributed by atoms with Crippen molar-refractivity contribution in [3.8, 4) is 5.75 Å². The van der Waals surface area contributed by atoms with Gasteiger partial charge in [0, 0.05) is 22.6 Å². The van der Waals surface area contributed by atoms with Crippen molar-refractivity contribution in [2.24, 2.45) is 5.10 Å². The molecule has 0 spiro atoms. The molecule has 0 bridgehead atoms. The predicted molar refractivity (Wildman–Crippen MR) is 97.8 cm³/mol. The fourth-order valence-electron chi connectivity index (χ4n) is 2.53. The molecule has 1 aliphatic rings. The zero-order valence-electron chi connectivity index (χ0n) is 14.1. The number of nitrogens with zero attached hydrogens (tertiary/aromatic N) is 1. The van der Waals surface area contributed by atoms with E-state index in [0.717, 1.165) is 27.3 Å². The third kappa shape index (κ3) is 4.39. The van der Waals surface area contributed by atoms with Gasteiger partial charge in [-0.25, -0.2) is 9.82 Å². The van der Waals surface area contributed by atoms with Gasteiger partial charge in [-0.2, -0.15) is 5.10 Å². The number of carbonyl (C=O) groups excluding carboxylic acids is 1. The molecule has 0 aromatic heterocycles. The van der Waals surface area contributed by atoms with Crippen LogP contribution in [0.5, 0.6) is 5.75 Å². The van der Waals surface area contributed by atoms with E-state index in [9.17, 15) is 9.18 Å². The van der Waals surface area contributed by atoms with Crippen LogP contribution in [0, 0.1) is 19.7 Å². The van der Waals surface area contributed by atoms with Crippen molar-refractivity contribution in [2.75, 3.05) is 12.4 Å². The summed E-state index contributed by atoms with van der Waals surface area (Å²) in [5, 5.41) is 4.17. The van der Waals surface area contributed by atoms with Crippen LogP contribution >= 0.6 is 11.8 Å². The van der Waals surface area contributed by atoms with Gasteiger partial charge in [0.1, 0.15) is 11.6 Å². The van der Waals surface area contributed by atoms with Crippen LogP contribution in [-0.4, -0.2) is 24.0 Å². The second-order valence-electron chi connectivity index (χ2n) is 5.89. The summed E-state index contributed by atoms with van der Waals surface area (Å²) < 4.78 is 19.0. The molecule has 0 aliphatic carbocycles. The Morgan fingerprint density at radius 3 is 2.96 bits per heavy atom. The number of hydrogen-bond donors (Lipinski definition) is 1. The Balaban J connectivity index is 1.64. The molecule has 6 heteroatoms. The highest BCUT2D eigenvalue weighted by Gasteiger charge is 2.17. The van der Waals surface area contributed by atoms with Crippen molar-refractivity contribution in [3.63, 3.8) is 0 Å². The molecule has 0 radical (unpaired) electrons. The first-order valence-corrected chi connectivity index (χ1v) is 8.99. The van der Waals surface area contributed by atoms with Crippen molar-refractivity contribution >= 4 is 23.4 Å². The number of amides is 1. The largest absolute Gasteiger partial charge is 0.483 e. The standard InChI is InChI=1S/C19H19FN2O2S/c1-12-3-4-13(2)17(9-12)24-11-19(23)22-21-16-7-8-25-18-6-5-14(20)10-15(16)18/h3-6,9-10H,7-8,11H2,1-2H3,(H,22,23). The third-order valence-electron chi connectivity index (χ3n) is 3.87. The predicted octanol–water partition coefficient (Wildman–Crippen LogP) is 3.84. The number of ether oxygens (including phenoxy) is 1. The summed E-state index contributed by atoms with van der Waals surface area (Å²) in [6.45, 7) is 3.78. The second-order valence-corrected chi connectivity index (χ2v) is 7.03. The Bertz CT molecular complexity index is 836. The highest BCUT2D eigenvalue weighted by molar-refractivity contribution is 7.99. The number of aryl methyl sites for hydroxylation is 2. The maximum Gasteiger partial charge on any atom is 0.277 e. The second kappa shape index (κ2) is 7.70. The van der Waals surface area contributed by atoms with Crippen LogP contribution in [-0.2, 0) is 4.79 Å². The number of nitrogens with one attached hydrogen (secondary N) is 1. The van der Waals surface area contributed by atoms with Gasteiger partial charge in [-0.05, 0) is 49.2 Å². The third-order valence-corrected chi connectivity index (χ3v) is 4.94. The monoisotopic (exact) mass is 358 g/mol. The molecule has 0 fully saturated rings. The number of hydrazone groups is 1. The molecule has 130 valence electrons. The molecular formula is C19H19FN2O2S. The fourth-order valence-corrected chi connectivity index (χ4v) is 3.54. The van der Waals surface area contributed by atoms with E-state index in [2.05, 4.69) is 10.5 Å². The fraction of sp³-hybridized carbons (Fsp3) is 0.263. The van der Waals surface area contributed by atoms with Gasteiger partial charge in [-0.1, -0.05) is 12.1 Å². The van der Waals surface area contributed by atoms with E-state index in [0.29, 0.717) is 17.9 Å². The first-order chi connectivity index (χ1) is 12.0. The van der Waals surface area contributed by atoms with Gasteiger partial charge in [-0.15, -0.1) is 11.8 Å². The Kier molecular flexibility index (Phi) is 5.38. The van der Waals surface area contributed by atoms with Gasteiger partial charge in [-0.3, -0.25) is 4.79 Å². The lowest BCUT2D eigenvalue weighted by Gasteiger charge is -2.17. The molecule has 0 saturated carbocycles. The Labute approximate surface area is 150 Å². The van der Waals surface area contributed by atoms with Crippen LogP contribution in [0.15, 0.2) is 46.4 Å². The quantitative estimate of drug-likeness (QED) is 0.845. The summed E-state index contributed by atoms with van der Waals surface area (Å²) in [6, 6.07) is 10.5. The van der Waals surface area contributed by atoms with E-state index in [1.54, 1.807) is 17.8 Å². The molecular weight excluding hydrogens is 339 g/mol. The summed E-state index contributed by atoms with van der Waals surface area (Å²) in [7, 11) is 0. The SMILES string of the molecule is Cc1ccc(C)c(OCC(=O)NN=C2CCSc3ccc(F)cc32)c1. The minimum Gasteiger partial charge on any atom is -0.483 e. The van der Waals surface area contributed by atoms with Crippen molar-refractivity contribution in [3.05, 3.63) is 58.9 Å². The molecule has 0 saturated heterocycles. The van der Waals surface area contributed by atoms with Crippen molar-refractivity contribution in [1.82, 2.24) is 5.43 Å². The Morgan fingerprint density at radius 1 is 1.28 bits per heavy atom. The average Bonchev–Trinajstić information content (AvgIpc) is 2.60. The minimum atomic E-state index is -0.343. The smallest absolute Gasteiger partial charge is 0.277 e. The van der Waals surface area contributed by atoms with Crippen LogP contribution in [0.1, 0.15) is 23.1 Å². The lowest BCUT2D eigenvalue weighted by molar-refractivity contribution is -0.123. The lowest BCUT2D eigenvalue weighted by Crippen LogP contribution is -2.27. The van der Waals surface area contributed by atoms with Crippen molar-refractivity contribution < 1.29 is 13.9 Å². The Morgan fingerprint density at radius 2 is 2.12 bits per heavy atom. The number of rotatable bonds is 4. The molecule has 4 nitrogen and oxygen atoms in total. The molecule has 3 rings (SSSR count). The summed E-state index contributed by atoms with van der Waals surface area (Å²) in [4.78, 5) is 13.0. The molecule has 2 aromatic carbocycles. The number of hydrogen-bond acceptors (Lipinski definition) is 4. The number of thioether (sulfide) groups is 1. The summed E-state index contributed by atoms with van der Waals surface area (Å²) in [5.41, 5.74) is 5.98. The molecule has 1 heterocycles. The molecule has 2 aromatic rings. The minimum absolute atomic E-state index is 0.119. The van der Waals surface area contributed by atoms with Gasteiger partial charge >= 0.3 is 0 Å². The summed E-state index contributed by atoms with van der Waals surface area (Å²) >= 11 is 1.66. The lowest BCUT2D eigenvalue weighted by atomic mass is 10.1. The molecule has 1 amide bonds. The molecule has 25 heavy (non-hydrogen) atoms. The topological polar surface area (TPSA) is 50.7 Å². The molecule has 0 atom stereocenters. The van der Waals surface area contributed by atoms with E-state index in [1.165, 1.54) is 12.1 Å². The average molecular weight is 358 g/mol. The van der Waals surface area contributed by atoms with Crippen LogP contribution < -0.4 is 10.2 Å². The van der Waals surface area contributed by atoms with Crippen molar-refractivity contribution in [2.45, 2.75) is 25.2 Å². The molecule has 1 N–H and O–H groups in total. The maximum atomic E-state index is 13.5. The summed E-state index contributed by atoms with van der Waals surface area (Å²) in [6.07, 6.45) is 0.680. The molecule has 0 unspecified atom stereocenters. The van der Waals surface area contributed by atoms with Gasteiger partial charge < -0.3 is 4.74 Å². The van der Waals surface area contributed by atoms with E-state index in [4.69, 9.17) is 4.74 Å². The van der Waals surface area contributed by atoms with Crippen molar-refractivity contribution in [1.29, 1.82) is 0 Å². The van der Waals surface area contributed by atoms with E-state index in [-0.39, 0.29) is 18.3 Å². The number of fused-ring (bicyclic) bond motifs is 1. The molecule has 1 aliphatic heterocycles. The van der Waals surface area contributed by atoms with E-state index >= 15 is 0 Å². The highest BCUT2D eigenvalue weighted by atomic mass is 32.2. The van der Waals surface area contributed by atoms with Crippen LogP contribution in [0.3, 0.4) is 0 Å². The van der Waals surface area contributed by atoms with Crippen LogP contribution in [0.4, 0.5) is 4.39 Å². The van der Waals surface area contributed by atoms with Gasteiger partial charge in [0.25, 0.3) is 5.91 Å². The van der Waals surface area contributed by atoms with E-state index < -0.39 is 0 Å². The maximum absolute atomic E-state index is 13.5. The Hall–Kier alpha value is -2.34. The number of benzene rings is 2. The first-order valence-electron chi connectivity index (χ1n) is 8.01. The highest BCUT2D eigenvalue weighted by Crippen LogP contribution is 2.30. The number of carbonyl (C=O) groups is 1. The van der Waals surface area contributed by atoms with E-state index in [1.807, 2.05) is 32.0 Å². The van der Waals surface area contributed by atoms with Gasteiger partial charge in [0.15, 0.2) is 6.61 Å². The van der Waals surface area contributed by atoms with Gasteiger partial charge in [0.2, 0.25) is 0 Å². The zero-order valence-corrected chi connectivity index (χ0v) is 15.0. The van der Waals surface area contributed by atoms with Crippen LogP contribution in [0.2, 0.25) is 0 Å². The first kappa shape index (κ1) is 17.5. The van der Waals surface area contributed by atoms with Gasteiger partial charge in [0.05, 0.1) is 5.71 Å². The zero-order chi connectivity index (χ0) is 17.8. The number of halogens is 1.